The smallest absolute Gasteiger partial charge is 0.309 e. The Labute approximate surface area is 165 Å². The SMILES string of the molecule is CCOC(=O)C1CCN(CC(=O)Nc2ccc(Oc3ccccc3)cc2)CC1. The number of amides is 1. The zero-order valence-electron chi connectivity index (χ0n) is 16.1. The van der Waals surface area contributed by atoms with E-state index in [4.69, 9.17) is 9.47 Å². The van der Waals surface area contributed by atoms with Crippen molar-refractivity contribution in [3.8, 4) is 11.5 Å². The molecule has 2 aromatic rings. The molecule has 6 nitrogen and oxygen atoms in total. The van der Waals surface area contributed by atoms with Gasteiger partial charge in [0.1, 0.15) is 11.5 Å². The number of nitrogens with zero attached hydrogens (tertiary/aromatic N) is 1. The number of anilines is 1. The summed E-state index contributed by atoms with van der Waals surface area (Å²) < 4.78 is 10.8. The Kier molecular flexibility index (Phi) is 7.03. The molecule has 6 heteroatoms. The highest BCUT2D eigenvalue weighted by atomic mass is 16.5. The highest BCUT2D eigenvalue weighted by Gasteiger charge is 2.26. The number of rotatable bonds is 7. The molecule has 0 aliphatic carbocycles. The van der Waals surface area contributed by atoms with Gasteiger partial charge < -0.3 is 14.8 Å². The summed E-state index contributed by atoms with van der Waals surface area (Å²) in [5, 5.41) is 2.91. The van der Waals surface area contributed by atoms with Crippen molar-refractivity contribution in [2.24, 2.45) is 5.92 Å². The Morgan fingerprint density at radius 3 is 2.29 bits per heavy atom. The van der Waals surface area contributed by atoms with Gasteiger partial charge in [0, 0.05) is 5.69 Å². The minimum Gasteiger partial charge on any atom is -0.466 e. The fraction of sp³-hybridized carbons (Fsp3) is 0.364. The molecule has 1 heterocycles. The van der Waals surface area contributed by atoms with Gasteiger partial charge in [-0.2, -0.15) is 0 Å². The number of benzene rings is 2. The molecule has 0 unspecified atom stereocenters. The Morgan fingerprint density at radius 1 is 1.00 bits per heavy atom. The first-order valence-corrected chi connectivity index (χ1v) is 9.66. The van der Waals surface area contributed by atoms with Gasteiger partial charge in [-0.25, -0.2) is 0 Å². The lowest BCUT2D eigenvalue weighted by Gasteiger charge is -2.30. The van der Waals surface area contributed by atoms with Crippen LogP contribution in [-0.4, -0.2) is 43.0 Å². The summed E-state index contributed by atoms with van der Waals surface area (Å²) in [5.41, 5.74) is 0.729. The van der Waals surface area contributed by atoms with Crippen molar-refractivity contribution in [3.05, 3.63) is 54.6 Å². The molecule has 0 spiro atoms. The zero-order valence-corrected chi connectivity index (χ0v) is 16.1. The Bertz CT molecular complexity index is 769. The van der Waals surface area contributed by atoms with Crippen molar-refractivity contribution < 1.29 is 19.1 Å². The number of hydrogen-bond acceptors (Lipinski definition) is 5. The van der Waals surface area contributed by atoms with Gasteiger partial charge in [-0.3, -0.25) is 14.5 Å². The number of nitrogens with one attached hydrogen (secondary N) is 1. The van der Waals surface area contributed by atoms with E-state index in [2.05, 4.69) is 10.2 Å². The number of esters is 1. The maximum atomic E-state index is 12.3. The molecule has 1 saturated heterocycles. The van der Waals surface area contributed by atoms with Crippen LogP contribution < -0.4 is 10.1 Å². The summed E-state index contributed by atoms with van der Waals surface area (Å²) in [6.07, 6.45) is 1.47. The first-order chi connectivity index (χ1) is 13.6. The van der Waals surface area contributed by atoms with Crippen molar-refractivity contribution in [2.75, 3.05) is 31.6 Å². The monoisotopic (exact) mass is 382 g/mol. The fourth-order valence-corrected chi connectivity index (χ4v) is 3.22. The summed E-state index contributed by atoms with van der Waals surface area (Å²) in [6, 6.07) is 16.8. The van der Waals surface area contributed by atoms with E-state index in [0.717, 1.165) is 37.4 Å². The van der Waals surface area contributed by atoms with Crippen LogP contribution in [0.5, 0.6) is 11.5 Å². The lowest BCUT2D eigenvalue weighted by molar-refractivity contribution is -0.149. The van der Waals surface area contributed by atoms with E-state index in [9.17, 15) is 9.59 Å². The van der Waals surface area contributed by atoms with E-state index in [-0.39, 0.29) is 17.8 Å². The van der Waals surface area contributed by atoms with Gasteiger partial charge in [-0.15, -0.1) is 0 Å². The van der Waals surface area contributed by atoms with Crippen molar-refractivity contribution in [1.29, 1.82) is 0 Å². The van der Waals surface area contributed by atoms with Crippen LogP contribution in [0.4, 0.5) is 5.69 Å². The van der Waals surface area contributed by atoms with Gasteiger partial charge in [0.2, 0.25) is 5.91 Å². The van der Waals surface area contributed by atoms with Gasteiger partial charge in [0.25, 0.3) is 0 Å². The normalized spacial score (nSPS) is 15.0. The first-order valence-electron chi connectivity index (χ1n) is 9.66. The van der Waals surface area contributed by atoms with E-state index < -0.39 is 0 Å². The number of ether oxygens (including phenoxy) is 2. The summed E-state index contributed by atoms with van der Waals surface area (Å²) in [4.78, 5) is 26.1. The van der Waals surface area contributed by atoms with Gasteiger partial charge in [0.05, 0.1) is 19.1 Å². The number of hydrogen-bond donors (Lipinski definition) is 1. The molecule has 1 amide bonds. The maximum absolute atomic E-state index is 12.3. The molecule has 0 aromatic heterocycles. The topological polar surface area (TPSA) is 67.9 Å². The van der Waals surface area contributed by atoms with Gasteiger partial charge in [-0.1, -0.05) is 18.2 Å². The average molecular weight is 382 g/mol. The zero-order chi connectivity index (χ0) is 19.8. The number of likely N-dealkylation sites (tertiary alicyclic amines) is 1. The Morgan fingerprint density at radius 2 is 1.64 bits per heavy atom. The number of para-hydroxylation sites is 1. The minimum atomic E-state index is -0.121. The Hall–Kier alpha value is -2.86. The number of piperidine rings is 1. The van der Waals surface area contributed by atoms with E-state index in [0.29, 0.717) is 18.9 Å². The van der Waals surface area contributed by atoms with Crippen LogP contribution >= 0.6 is 0 Å². The predicted octanol–water partition coefficient (Wildman–Crippen LogP) is 3.69. The summed E-state index contributed by atoms with van der Waals surface area (Å²) in [7, 11) is 0. The molecule has 1 N–H and O–H groups in total. The van der Waals surface area contributed by atoms with E-state index in [1.807, 2.05) is 61.5 Å². The summed E-state index contributed by atoms with van der Waals surface area (Å²) in [6.45, 7) is 3.99. The van der Waals surface area contributed by atoms with Crippen molar-refractivity contribution >= 4 is 17.6 Å². The molecule has 0 bridgehead atoms. The van der Waals surface area contributed by atoms with Crippen LogP contribution in [0, 0.1) is 5.92 Å². The molecule has 148 valence electrons. The minimum absolute atomic E-state index is 0.0450. The third kappa shape index (κ3) is 5.82. The lowest BCUT2D eigenvalue weighted by atomic mass is 9.97. The third-order valence-corrected chi connectivity index (χ3v) is 4.69. The first kappa shape index (κ1) is 19.9. The van der Waals surface area contributed by atoms with Gasteiger partial charge >= 0.3 is 5.97 Å². The molecule has 0 atom stereocenters. The van der Waals surface area contributed by atoms with Crippen LogP contribution in [0.2, 0.25) is 0 Å². The van der Waals surface area contributed by atoms with Crippen LogP contribution in [0.1, 0.15) is 19.8 Å². The average Bonchev–Trinajstić information content (AvgIpc) is 2.71. The third-order valence-electron chi connectivity index (χ3n) is 4.69. The van der Waals surface area contributed by atoms with Crippen LogP contribution in [0.15, 0.2) is 54.6 Å². The summed E-state index contributed by atoms with van der Waals surface area (Å²) >= 11 is 0. The fourth-order valence-electron chi connectivity index (χ4n) is 3.22. The largest absolute Gasteiger partial charge is 0.466 e. The number of carbonyl (C=O) groups excluding carboxylic acids is 2. The maximum Gasteiger partial charge on any atom is 0.309 e. The second-order valence-electron chi connectivity index (χ2n) is 6.79. The van der Waals surface area contributed by atoms with E-state index in [1.54, 1.807) is 0 Å². The molecule has 1 fully saturated rings. The molecular formula is C22H26N2O4. The predicted molar refractivity (Wildman–Crippen MR) is 107 cm³/mol. The molecule has 3 rings (SSSR count). The molecule has 0 radical (unpaired) electrons. The molecule has 0 saturated carbocycles. The molecule has 1 aliphatic rings. The van der Waals surface area contributed by atoms with Crippen LogP contribution in [0.3, 0.4) is 0 Å². The highest BCUT2D eigenvalue weighted by Crippen LogP contribution is 2.23. The van der Waals surface area contributed by atoms with Gasteiger partial charge in [-0.05, 0) is 69.3 Å². The van der Waals surface area contributed by atoms with Gasteiger partial charge in [0.15, 0.2) is 0 Å². The van der Waals surface area contributed by atoms with Crippen molar-refractivity contribution in [2.45, 2.75) is 19.8 Å². The summed E-state index contributed by atoms with van der Waals surface area (Å²) in [5.74, 6) is 1.25. The van der Waals surface area contributed by atoms with E-state index >= 15 is 0 Å². The highest BCUT2D eigenvalue weighted by molar-refractivity contribution is 5.92. The Balaban J connectivity index is 1.43. The quantitative estimate of drug-likeness (QED) is 0.740. The van der Waals surface area contributed by atoms with Crippen LogP contribution in [-0.2, 0) is 14.3 Å². The molecular weight excluding hydrogens is 356 g/mol. The standard InChI is InChI=1S/C22H26N2O4/c1-2-27-22(26)17-12-14-24(15-13-17)16-21(25)23-18-8-10-20(11-9-18)28-19-6-4-3-5-7-19/h3-11,17H,2,12-16H2,1H3,(H,23,25). The van der Waals surface area contributed by atoms with Crippen LogP contribution in [0.25, 0.3) is 0 Å². The molecule has 1 aliphatic heterocycles. The van der Waals surface area contributed by atoms with Crippen molar-refractivity contribution in [3.63, 3.8) is 0 Å². The molecule has 28 heavy (non-hydrogen) atoms. The van der Waals surface area contributed by atoms with E-state index in [1.165, 1.54) is 0 Å². The second kappa shape index (κ2) is 9.90. The van der Waals surface area contributed by atoms with Crippen molar-refractivity contribution in [1.82, 2.24) is 4.90 Å². The second-order valence-corrected chi connectivity index (χ2v) is 6.79. The number of carbonyl (C=O) groups is 2. The lowest BCUT2D eigenvalue weighted by Crippen LogP contribution is -2.41. The molecule has 2 aromatic carbocycles.